The molecule has 1 aliphatic carbocycles. The van der Waals surface area contributed by atoms with Crippen LogP contribution in [0, 0.1) is 11.6 Å². The standard InChI is InChI=1S/C18H16F3NO2/c19-13-4-1-5-14(20)11(13)6-7-16(24)18(21)9-8-15(23)17-12(18)3-2-10-22-17/h1-5,10,15,23H,6-9H2/t15-,18-/m0/s1. The molecule has 0 bridgehead atoms. The van der Waals surface area contributed by atoms with E-state index < -0.39 is 29.2 Å². The Labute approximate surface area is 137 Å². The van der Waals surface area contributed by atoms with Crippen molar-refractivity contribution in [3.63, 3.8) is 0 Å². The summed E-state index contributed by atoms with van der Waals surface area (Å²) in [6.45, 7) is 0. The number of hydrogen-bond acceptors (Lipinski definition) is 3. The number of halogens is 3. The molecule has 3 rings (SSSR count). The van der Waals surface area contributed by atoms with Crippen LogP contribution in [0.15, 0.2) is 36.5 Å². The lowest BCUT2D eigenvalue weighted by Gasteiger charge is -2.32. The average Bonchev–Trinajstić information content (AvgIpc) is 2.58. The largest absolute Gasteiger partial charge is 0.387 e. The number of aromatic nitrogens is 1. The molecule has 1 aromatic heterocycles. The van der Waals surface area contributed by atoms with Crippen LogP contribution < -0.4 is 0 Å². The van der Waals surface area contributed by atoms with Crippen LogP contribution in [0.3, 0.4) is 0 Å². The lowest BCUT2D eigenvalue weighted by atomic mass is 9.77. The van der Waals surface area contributed by atoms with Crippen molar-refractivity contribution in [3.05, 3.63) is 65.0 Å². The summed E-state index contributed by atoms with van der Waals surface area (Å²) in [6.07, 6.45) is -0.152. The number of fused-ring (bicyclic) bond motifs is 1. The second kappa shape index (κ2) is 6.36. The lowest BCUT2D eigenvalue weighted by Crippen LogP contribution is -2.37. The van der Waals surface area contributed by atoms with E-state index in [1.165, 1.54) is 24.4 Å². The molecule has 1 N–H and O–H groups in total. The van der Waals surface area contributed by atoms with E-state index in [1.807, 2.05) is 0 Å². The summed E-state index contributed by atoms with van der Waals surface area (Å²) in [6, 6.07) is 6.35. The number of carbonyl (C=O) groups is 1. The van der Waals surface area contributed by atoms with Gasteiger partial charge >= 0.3 is 0 Å². The fraction of sp³-hybridized carbons (Fsp3) is 0.333. The quantitative estimate of drug-likeness (QED) is 0.929. The van der Waals surface area contributed by atoms with Gasteiger partial charge in [-0.2, -0.15) is 0 Å². The highest BCUT2D eigenvalue weighted by Crippen LogP contribution is 2.43. The van der Waals surface area contributed by atoms with Crippen molar-refractivity contribution in [2.45, 2.75) is 37.5 Å². The third-order valence-electron chi connectivity index (χ3n) is 4.45. The number of hydrogen-bond donors (Lipinski definition) is 1. The Hall–Kier alpha value is -2.21. The summed E-state index contributed by atoms with van der Waals surface area (Å²) in [7, 11) is 0. The summed E-state index contributed by atoms with van der Waals surface area (Å²) < 4.78 is 42.6. The molecule has 0 spiro atoms. The predicted molar refractivity (Wildman–Crippen MR) is 80.9 cm³/mol. The van der Waals surface area contributed by atoms with E-state index in [4.69, 9.17) is 0 Å². The molecule has 2 aromatic rings. The molecular formula is C18H16F3NO2. The van der Waals surface area contributed by atoms with Crippen molar-refractivity contribution in [2.75, 3.05) is 0 Å². The van der Waals surface area contributed by atoms with Gasteiger partial charge in [-0.05, 0) is 37.5 Å². The predicted octanol–water partition coefficient (Wildman–Crippen LogP) is 3.55. The van der Waals surface area contributed by atoms with Crippen molar-refractivity contribution in [3.8, 4) is 0 Å². The maximum absolute atomic E-state index is 15.3. The summed E-state index contributed by atoms with van der Waals surface area (Å²) in [5.74, 6) is -2.26. The first kappa shape index (κ1) is 16.6. The number of pyridine rings is 1. The van der Waals surface area contributed by atoms with Crippen molar-refractivity contribution < 1.29 is 23.1 Å². The van der Waals surface area contributed by atoms with E-state index in [0.29, 0.717) is 0 Å². The minimum absolute atomic E-state index is 0.0442. The maximum atomic E-state index is 15.3. The van der Waals surface area contributed by atoms with Crippen molar-refractivity contribution in [1.82, 2.24) is 4.98 Å². The van der Waals surface area contributed by atoms with E-state index in [0.717, 1.165) is 12.1 Å². The number of rotatable bonds is 4. The molecule has 0 radical (unpaired) electrons. The first-order chi connectivity index (χ1) is 11.4. The molecule has 0 amide bonds. The highest BCUT2D eigenvalue weighted by molar-refractivity contribution is 5.89. The van der Waals surface area contributed by atoms with E-state index in [9.17, 15) is 18.7 Å². The van der Waals surface area contributed by atoms with Crippen LogP contribution in [-0.4, -0.2) is 15.9 Å². The van der Waals surface area contributed by atoms with Gasteiger partial charge in [-0.25, -0.2) is 13.2 Å². The number of benzene rings is 1. The highest BCUT2D eigenvalue weighted by atomic mass is 19.1. The molecule has 24 heavy (non-hydrogen) atoms. The van der Waals surface area contributed by atoms with Gasteiger partial charge in [0.05, 0.1) is 11.8 Å². The zero-order valence-electron chi connectivity index (χ0n) is 12.8. The molecule has 0 saturated carbocycles. The second-order valence-corrected chi connectivity index (χ2v) is 5.92. The van der Waals surface area contributed by atoms with Crippen LogP contribution in [0.2, 0.25) is 0 Å². The molecule has 126 valence electrons. The van der Waals surface area contributed by atoms with Crippen LogP contribution in [0.5, 0.6) is 0 Å². The first-order valence-corrected chi connectivity index (χ1v) is 7.72. The van der Waals surface area contributed by atoms with E-state index in [1.54, 1.807) is 0 Å². The van der Waals surface area contributed by atoms with E-state index in [2.05, 4.69) is 4.98 Å². The first-order valence-electron chi connectivity index (χ1n) is 7.72. The van der Waals surface area contributed by atoms with E-state index in [-0.39, 0.29) is 42.5 Å². The number of ketones is 1. The lowest BCUT2D eigenvalue weighted by molar-refractivity contribution is -0.133. The third-order valence-corrected chi connectivity index (χ3v) is 4.45. The Morgan fingerprint density at radius 1 is 1.25 bits per heavy atom. The molecule has 6 heteroatoms. The van der Waals surface area contributed by atoms with Crippen molar-refractivity contribution in [2.24, 2.45) is 0 Å². The maximum Gasteiger partial charge on any atom is 0.195 e. The second-order valence-electron chi connectivity index (χ2n) is 5.92. The molecule has 1 aliphatic rings. The number of carbonyl (C=O) groups excluding carboxylic acids is 1. The molecule has 0 unspecified atom stereocenters. The number of Topliss-reactive ketones (excluding diaryl/α,β-unsaturated/α-hetero) is 1. The number of aliphatic hydroxyl groups is 1. The van der Waals surface area contributed by atoms with E-state index >= 15 is 4.39 Å². The number of aliphatic hydroxyl groups excluding tert-OH is 1. The molecular weight excluding hydrogens is 319 g/mol. The molecule has 1 aromatic carbocycles. The minimum atomic E-state index is -2.29. The average molecular weight is 335 g/mol. The molecule has 2 atom stereocenters. The fourth-order valence-corrected chi connectivity index (χ4v) is 3.12. The zero-order chi connectivity index (χ0) is 17.3. The van der Waals surface area contributed by atoms with Crippen LogP contribution in [-0.2, 0) is 16.9 Å². The van der Waals surface area contributed by atoms with Crippen LogP contribution in [0.25, 0.3) is 0 Å². The molecule has 0 saturated heterocycles. The molecule has 0 fully saturated rings. The molecule has 1 heterocycles. The number of alkyl halides is 1. The van der Waals surface area contributed by atoms with Gasteiger partial charge in [-0.15, -0.1) is 0 Å². The molecule has 0 aliphatic heterocycles. The van der Waals surface area contributed by atoms with Crippen LogP contribution >= 0.6 is 0 Å². The third kappa shape index (κ3) is 2.82. The summed E-state index contributed by atoms with van der Waals surface area (Å²) >= 11 is 0. The summed E-state index contributed by atoms with van der Waals surface area (Å²) in [4.78, 5) is 16.4. The summed E-state index contributed by atoms with van der Waals surface area (Å²) in [5.41, 5.74) is -2.32. The van der Waals surface area contributed by atoms with Crippen molar-refractivity contribution in [1.29, 1.82) is 0 Å². The number of nitrogens with zero attached hydrogens (tertiary/aromatic N) is 1. The fourth-order valence-electron chi connectivity index (χ4n) is 3.12. The SMILES string of the molecule is O=C(CCc1c(F)cccc1F)[C@]1(F)CC[C@H](O)c2ncccc21. The van der Waals surface area contributed by atoms with Gasteiger partial charge in [-0.3, -0.25) is 9.78 Å². The van der Waals surface area contributed by atoms with Gasteiger partial charge in [0.15, 0.2) is 11.5 Å². The van der Waals surface area contributed by atoms with Gasteiger partial charge in [0.2, 0.25) is 0 Å². The topological polar surface area (TPSA) is 50.2 Å². The van der Waals surface area contributed by atoms with Gasteiger partial charge in [0.1, 0.15) is 11.6 Å². The zero-order valence-corrected chi connectivity index (χ0v) is 12.8. The normalized spacial score (nSPS) is 22.9. The molecule has 3 nitrogen and oxygen atoms in total. The summed E-state index contributed by atoms with van der Waals surface area (Å²) in [5, 5.41) is 9.92. The van der Waals surface area contributed by atoms with Gasteiger partial charge in [0, 0.05) is 23.7 Å². The van der Waals surface area contributed by atoms with Gasteiger partial charge in [0.25, 0.3) is 0 Å². The Kier molecular flexibility index (Phi) is 4.41. The Balaban J connectivity index is 1.84. The Morgan fingerprint density at radius 2 is 1.96 bits per heavy atom. The Bertz CT molecular complexity index is 760. The smallest absolute Gasteiger partial charge is 0.195 e. The Morgan fingerprint density at radius 3 is 2.67 bits per heavy atom. The van der Waals surface area contributed by atoms with Gasteiger partial charge < -0.3 is 5.11 Å². The van der Waals surface area contributed by atoms with Crippen LogP contribution in [0.4, 0.5) is 13.2 Å². The minimum Gasteiger partial charge on any atom is -0.387 e. The van der Waals surface area contributed by atoms with Crippen molar-refractivity contribution >= 4 is 5.78 Å². The monoisotopic (exact) mass is 335 g/mol. The van der Waals surface area contributed by atoms with Crippen LogP contribution in [0.1, 0.15) is 42.2 Å². The highest BCUT2D eigenvalue weighted by Gasteiger charge is 2.45. The van der Waals surface area contributed by atoms with Gasteiger partial charge in [-0.1, -0.05) is 12.1 Å².